The van der Waals surface area contributed by atoms with Crippen LogP contribution in [0.4, 0.5) is 0 Å². The molecule has 4 heteroatoms. The molecule has 0 spiro atoms. The summed E-state index contributed by atoms with van der Waals surface area (Å²) in [6, 6.07) is 5.40. The van der Waals surface area contributed by atoms with Gasteiger partial charge in [0.15, 0.2) is 0 Å². The summed E-state index contributed by atoms with van der Waals surface area (Å²) in [7, 11) is 1.60. The van der Waals surface area contributed by atoms with Crippen LogP contribution in [0.5, 0.6) is 5.75 Å². The fourth-order valence-corrected chi connectivity index (χ4v) is 1.95. The zero-order valence-electron chi connectivity index (χ0n) is 8.25. The predicted octanol–water partition coefficient (Wildman–Crippen LogP) is 1.62. The van der Waals surface area contributed by atoms with E-state index in [2.05, 4.69) is 15.9 Å². The Labute approximate surface area is 92.0 Å². The second-order valence-electron chi connectivity index (χ2n) is 3.32. The Hall–Kier alpha value is -0.580. The van der Waals surface area contributed by atoms with E-state index in [4.69, 9.17) is 10.5 Å². The highest BCUT2D eigenvalue weighted by atomic mass is 79.9. The number of hydrogen-bond acceptors (Lipinski definition) is 3. The van der Waals surface area contributed by atoms with Crippen LogP contribution in [-0.4, -0.2) is 18.8 Å². The molecule has 1 atom stereocenters. The summed E-state index contributed by atoms with van der Waals surface area (Å²) >= 11 is 3.37. The topological polar surface area (TPSA) is 55.5 Å². The molecule has 78 valence electrons. The van der Waals surface area contributed by atoms with Gasteiger partial charge in [-0.3, -0.25) is 0 Å². The van der Waals surface area contributed by atoms with E-state index >= 15 is 0 Å². The second-order valence-corrected chi connectivity index (χ2v) is 4.18. The van der Waals surface area contributed by atoms with E-state index in [1.54, 1.807) is 32.2 Å². The molecule has 1 unspecified atom stereocenters. The molecule has 0 aromatic heterocycles. The maximum atomic E-state index is 9.94. The Kier molecular flexibility index (Phi) is 3.53. The lowest BCUT2D eigenvalue weighted by atomic mass is 9.96. The lowest BCUT2D eigenvalue weighted by Crippen LogP contribution is -2.31. The third-order valence-electron chi connectivity index (χ3n) is 2.15. The zero-order valence-corrected chi connectivity index (χ0v) is 9.84. The number of hydrogen-bond donors (Lipinski definition) is 2. The van der Waals surface area contributed by atoms with Gasteiger partial charge in [-0.25, -0.2) is 0 Å². The molecular weight excluding hydrogens is 246 g/mol. The molecule has 0 aliphatic heterocycles. The first-order valence-electron chi connectivity index (χ1n) is 4.27. The smallest absolute Gasteiger partial charge is 0.120 e. The molecule has 0 saturated carbocycles. The molecule has 1 aromatic carbocycles. The van der Waals surface area contributed by atoms with Crippen LogP contribution >= 0.6 is 15.9 Å². The number of aliphatic hydroxyl groups is 1. The van der Waals surface area contributed by atoms with Crippen LogP contribution in [0.25, 0.3) is 0 Å². The third-order valence-corrected chi connectivity index (χ3v) is 2.81. The second kappa shape index (κ2) is 4.29. The first kappa shape index (κ1) is 11.5. The van der Waals surface area contributed by atoms with E-state index in [9.17, 15) is 5.11 Å². The summed E-state index contributed by atoms with van der Waals surface area (Å²) in [5, 5.41) is 9.94. The number of ether oxygens (including phenoxy) is 1. The van der Waals surface area contributed by atoms with E-state index in [0.29, 0.717) is 0 Å². The molecule has 0 aliphatic rings. The van der Waals surface area contributed by atoms with Gasteiger partial charge >= 0.3 is 0 Å². The Morgan fingerprint density at radius 3 is 2.64 bits per heavy atom. The van der Waals surface area contributed by atoms with E-state index in [-0.39, 0.29) is 6.54 Å². The molecule has 3 nitrogen and oxygen atoms in total. The summed E-state index contributed by atoms with van der Waals surface area (Å²) < 4.78 is 5.85. The lowest BCUT2D eigenvalue weighted by molar-refractivity contribution is 0.0660. The Bertz CT molecular complexity index is 326. The predicted molar refractivity (Wildman–Crippen MR) is 59.3 cm³/mol. The van der Waals surface area contributed by atoms with Gasteiger partial charge in [0.2, 0.25) is 0 Å². The van der Waals surface area contributed by atoms with Crippen LogP contribution in [-0.2, 0) is 5.60 Å². The number of halogens is 1. The number of rotatable bonds is 3. The van der Waals surface area contributed by atoms with E-state index in [1.807, 2.05) is 0 Å². The van der Waals surface area contributed by atoms with Crippen molar-refractivity contribution in [3.63, 3.8) is 0 Å². The van der Waals surface area contributed by atoms with Crippen LogP contribution in [0.3, 0.4) is 0 Å². The van der Waals surface area contributed by atoms with Gasteiger partial charge in [-0.15, -0.1) is 0 Å². The van der Waals surface area contributed by atoms with Crippen molar-refractivity contribution >= 4 is 15.9 Å². The molecule has 0 bridgehead atoms. The minimum absolute atomic E-state index is 0.179. The quantitative estimate of drug-likeness (QED) is 0.868. The minimum Gasteiger partial charge on any atom is -0.497 e. The van der Waals surface area contributed by atoms with Crippen molar-refractivity contribution in [1.29, 1.82) is 0 Å². The van der Waals surface area contributed by atoms with Gasteiger partial charge in [0, 0.05) is 11.0 Å². The third kappa shape index (κ3) is 2.26. The van der Waals surface area contributed by atoms with Crippen molar-refractivity contribution in [3.05, 3.63) is 28.2 Å². The first-order chi connectivity index (χ1) is 6.51. The van der Waals surface area contributed by atoms with Crippen molar-refractivity contribution in [1.82, 2.24) is 0 Å². The van der Waals surface area contributed by atoms with Gasteiger partial charge in [0.1, 0.15) is 11.4 Å². The van der Waals surface area contributed by atoms with Crippen molar-refractivity contribution in [2.75, 3.05) is 13.7 Å². The molecular formula is C10H14BrNO2. The van der Waals surface area contributed by atoms with Crippen molar-refractivity contribution in [3.8, 4) is 5.75 Å². The zero-order chi connectivity index (χ0) is 10.8. The van der Waals surface area contributed by atoms with Crippen LogP contribution in [0.2, 0.25) is 0 Å². The van der Waals surface area contributed by atoms with Crippen LogP contribution < -0.4 is 10.5 Å². The lowest BCUT2D eigenvalue weighted by Gasteiger charge is -2.23. The van der Waals surface area contributed by atoms with Crippen LogP contribution in [0.15, 0.2) is 22.7 Å². The highest BCUT2D eigenvalue weighted by Crippen LogP contribution is 2.30. The monoisotopic (exact) mass is 259 g/mol. The largest absolute Gasteiger partial charge is 0.497 e. The molecule has 0 heterocycles. The summed E-state index contributed by atoms with van der Waals surface area (Å²) in [5.41, 5.74) is 5.23. The fourth-order valence-electron chi connectivity index (χ4n) is 1.17. The molecule has 14 heavy (non-hydrogen) atoms. The molecule has 0 fully saturated rings. The Morgan fingerprint density at radius 2 is 2.21 bits per heavy atom. The van der Waals surface area contributed by atoms with E-state index < -0.39 is 5.60 Å². The fraction of sp³-hybridized carbons (Fsp3) is 0.400. The number of nitrogens with two attached hydrogens (primary N) is 1. The summed E-state index contributed by atoms with van der Waals surface area (Å²) in [4.78, 5) is 0. The van der Waals surface area contributed by atoms with Crippen molar-refractivity contribution in [2.24, 2.45) is 5.73 Å². The van der Waals surface area contributed by atoms with Crippen LogP contribution in [0.1, 0.15) is 12.5 Å². The SMILES string of the molecule is COc1ccc(C(C)(O)CN)c(Br)c1. The van der Waals surface area contributed by atoms with Crippen LogP contribution in [0, 0.1) is 0 Å². The summed E-state index contributed by atoms with van der Waals surface area (Å²) in [5.74, 6) is 0.744. The van der Waals surface area contributed by atoms with Gasteiger partial charge in [-0.05, 0) is 24.6 Å². The molecule has 1 rings (SSSR count). The minimum atomic E-state index is -1.01. The molecule has 1 aromatic rings. The van der Waals surface area contributed by atoms with E-state index in [0.717, 1.165) is 15.8 Å². The Balaban J connectivity index is 3.12. The van der Waals surface area contributed by atoms with Gasteiger partial charge in [-0.1, -0.05) is 22.0 Å². The molecule has 0 radical (unpaired) electrons. The average molecular weight is 260 g/mol. The Morgan fingerprint density at radius 1 is 1.57 bits per heavy atom. The van der Waals surface area contributed by atoms with Gasteiger partial charge in [0.05, 0.1) is 7.11 Å². The maximum Gasteiger partial charge on any atom is 0.120 e. The van der Waals surface area contributed by atoms with E-state index in [1.165, 1.54) is 0 Å². The van der Waals surface area contributed by atoms with Gasteiger partial charge < -0.3 is 15.6 Å². The molecule has 0 amide bonds. The van der Waals surface area contributed by atoms with Crippen molar-refractivity contribution in [2.45, 2.75) is 12.5 Å². The van der Waals surface area contributed by atoms with Gasteiger partial charge in [0.25, 0.3) is 0 Å². The maximum absolute atomic E-state index is 9.94. The molecule has 0 aliphatic carbocycles. The molecule has 0 saturated heterocycles. The first-order valence-corrected chi connectivity index (χ1v) is 5.07. The highest BCUT2D eigenvalue weighted by molar-refractivity contribution is 9.10. The average Bonchev–Trinajstić information content (AvgIpc) is 2.17. The van der Waals surface area contributed by atoms with Gasteiger partial charge in [-0.2, -0.15) is 0 Å². The number of methoxy groups -OCH3 is 1. The molecule has 3 N–H and O–H groups in total. The number of benzene rings is 1. The summed E-state index contributed by atoms with van der Waals surface area (Å²) in [6.45, 7) is 1.86. The highest BCUT2D eigenvalue weighted by Gasteiger charge is 2.23. The summed E-state index contributed by atoms with van der Waals surface area (Å²) in [6.07, 6.45) is 0. The standard InChI is InChI=1S/C10H14BrNO2/c1-10(13,6-12)8-4-3-7(14-2)5-9(8)11/h3-5,13H,6,12H2,1-2H3. The van der Waals surface area contributed by atoms with Crippen molar-refractivity contribution < 1.29 is 9.84 Å². The normalized spacial score (nSPS) is 14.9.